The van der Waals surface area contributed by atoms with Gasteiger partial charge in [0.2, 0.25) is 0 Å². The highest BCUT2D eigenvalue weighted by molar-refractivity contribution is 6.07. The van der Waals surface area contributed by atoms with E-state index in [0.717, 1.165) is 12.1 Å². The van der Waals surface area contributed by atoms with Crippen LogP contribution >= 0.6 is 0 Å². The molecule has 0 aliphatic rings. The number of nitrogens with two attached hydrogens (primary N) is 1. The Morgan fingerprint density at radius 1 is 1.14 bits per heavy atom. The minimum atomic E-state index is -2.92. The predicted molar refractivity (Wildman–Crippen MR) is 71.8 cm³/mol. The molecule has 0 aliphatic heterocycles. The summed E-state index contributed by atoms with van der Waals surface area (Å²) < 4.78 is 41.3. The molecule has 0 aliphatic carbocycles. The largest absolute Gasteiger partial charge is 0.435 e. The van der Waals surface area contributed by atoms with Gasteiger partial charge in [-0.2, -0.15) is 8.78 Å². The zero-order valence-corrected chi connectivity index (χ0v) is 10.6. The molecule has 110 valence electrons. The van der Waals surface area contributed by atoms with Crippen LogP contribution in [0.4, 0.5) is 24.5 Å². The maximum absolute atomic E-state index is 13.1. The number of hydrogen-bond donors (Lipinski definition) is 2. The summed E-state index contributed by atoms with van der Waals surface area (Å²) in [4.78, 5) is 11.9. The topological polar surface area (TPSA) is 64.4 Å². The van der Waals surface area contributed by atoms with Crippen LogP contribution in [-0.2, 0) is 0 Å². The first-order valence-electron chi connectivity index (χ1n) is 5.87. The smallest absolute Gasteiger partial charge is 0.387 e. The van der Waals surface area contributed by atoms with Crippen molar-refractivity contribution in [2.45, 2.75) is 6.61 Å². The molecule has 0 atom stereocenters. The van der Waals surface area contributed by atoms with Gasteiger partial charge in [-0.05, 0) is 42.5 Å². The number of alkyl halides is 2. The fourth-order valence-corrected chi connectivity index (χ4v) is 1.64. The van der Waals surface area contributed by atoms with E-state index in [-0.39, 0.29) is 17.0 Å². The molecule has 4 nitrogen and oxygen atoms in total. The number of rotatable bonds is 4. The van der Waals surface area contributed by atoms with Crippen molar-refractivity contribution >= 4 is 17.3 Å². The van der Waals surface area contributed by atoms with E-state index in [4.69, 9.17) is 5.73 Å². The lowest BCUT2D eigenvalue weighted by atomic mass is 10.1. The third-order valence-corrected chi connectivity index (χ3v) is 2.60. The highest BCUT2D eigenvalue weighted by Gasteiger charge is 2.11. The number of benzene rings is 2. The van der Waals surface area contributed by atoms with E-state index in [1.54, 1.807) is 0 Å². The SMILES string of the molecule is Nc1ccc(F)cc1C(=O)Nc1ccc(OC(F)F)cc1. The molecule has 3 N–H and O–H groups in total. The number of carbonyl (C=O) groups is 1. The highest BCUT2D eigenvalue weighted by atomic mass is 19.3. The number of nitrogens with one attached hydrogen (secondary N) is 1. The van der Waals surface area contributed by atoms with E-state index in [1.807, 2.05) is 0 Å². The summed E-state index contributed by atoms with van der Waals surface area (Å²) in [6.07, 6.45) is 0. The quantitative estimate of drug-likeness (QED) is 0.851. The molecule has 0 aromatic heterocycles. The van der Waals surface area contributed by atoms with Crippen molar-refractivity contribution in [3.63, 3.8) is 0 Å². The second kappa shape index (κ2) is 6.17. The van der Waals surface area contributed by atoms with Crippen LogP contribution in [0.15, 0.2) is 42.5 Å². The van der Waals surface area contributed by atoms with Gasteiger partial charge in [-0.15, -0.1) is 0 Å². The number of carbonyl (C=O) groups excluding carboxylic acids is 1. The van der Waals surface area contributed by atoms with Crippen molar-refractivity contribution in [1.82, 2.24) is 0 Å². The van der Waals surface area contributed by atoms with Crippen molar-refractivity contribution in [3.05, 3.63) is 53.8 Å². The Labute approximate surface area is 118 Å². The Bertz CT molecular complexity index is 645. The fourth-order valence-electron chi connectivity index (χ4n) is 1.64. The number of ether oxygens (including phenoxy) is 1. The summed E-state index contributed by atoms with van der Waals surface area (Å²) >= 11 is 0. The molecular weight excluding hydrogens is 285 g/mol. The minimum absolute atomic E-state index is 0.0112. The second-order valence-corrected chi connectivity index (χ2v) is 4.09. The average molecular weight is 296 g/mol. The monoisotopic (exact) mass is 296 g/mol. The summed E-state index contributed by atoms with van der Waals surface area (Å²) in [5.41, 5.74) is 6.05. The van der Waals surface area contributed by atoms with Crippen molar-refractivity contribution in [2.75, 3.05) is 11.1 Å². The van der Waals surface area contributed by atoms with Crippen LogP contribution < -0.4 is 15.8 Å². The molecule has 0 unspecified atom stereocenters. The van der Waals surface area contributed by atoms with Gasteiger partial charge in [-0.25, -0.2) is 4.39 Å². The Morgan fingerprint density at radius 2 is 1.81 bits per heavy atom. The van der Waals surface area contributed by atoms with Gasteiger partial charge < -0.3 is 15.8 Å². The van der Waals surface area contributed by atoms with E-state index in [1.165, 1.54) is 30.3 Å². The highest BCUT2D eigenvalue weighted by Crippen LogP contribution is 2.20. The van der Waals surface area contributed by atoms with E-state index in [9.17, 15) is 18.0 Å². The maximum Gasteiger partial charge on any atom is 0.387 e. The van der Waals surface area contributed by atoms with E-state index >= 15 is 0 Å². The zero-order valence-electron chi connectivity index (χ0n) is 10.6. The fraction of sp³-hybridized carbons (Fsp3) is 0.0714. The summed E-state index contributed by atoms with van der Waals surface area (Å²) in [6, 6.07) is 8.75. The molecule has 0 fully saturated rings. The Hall–Kier alpha value is -2.70. The van der Waals surface area contributed by atoms with Gasteiger partial charge >= 0.3 is 6.61 Å². The number of amides is 1. The first kappa shape index (κ1) is 14.7. The second-order valence-electron chi connectivity index (χ2n) is 4.09. The first-order valence-corrected chi connectivity index (χ1v) is 5.87. The number of halogens is 3. The van der Waals surface area contributed by atoms with Crippen molar-refractivity contribution in [1.29, 1.82) is 0 Å². The minimum Gasteiger partial charge on any atom is -0.435 e. The van der Waals surface area contributed by atoms with Crippen LogP contribution in [0.2, 0.25) is 0 Å². The molecule has 21 heavy (non-hydrogen) atoms. The van der Waals surface area contributed by atoms with Crippen LogP contribution in [0.1, 0.15) is 10.4 Å². The van der Waals surface area contributed by atoms with Crippen LogP contribution in [0, 0.1) is 5.82 Å². The number of anilines is 2. The van der Waals surface area contributed by atoms with Crippen molar-refractivity contribution < 1.29 is 22.7 Å². The lowest BCUT2D eigenvalue weighted by Crippen LogP contribution is -2.14. The van der Waals surface area contributed by atoms with E-state index in [2.05, 4.69) is 10.1 Å². The molecule has 0 saturated carbocycles. The summed E-state index contributed by atoms with van der Waals surface area (Å²) in [7, 11) is 0. The molecule has 0 radical (unpaired) electrons. The number of nitrogen functional groups attached to an aromatic ring is 1. The molecule has 0 saturated heterocycles. The van der Waals surface area contributed by atoms with Gasteiger partial charge in [0.15, 0.2) is 0 Å². The molecule has 0 spiro atoms. The lowest BCUT2D eigenvalue weighted by molar-refractivity contribution is -0.0498. The summed E-state index contributed by atoms with van der Waals surface area (Å²) in [5.74, 6) is -1.22. The van der Waals surface area contributed by atoms with Crippen LogP contribution in [0.5, 0.6) is 5.75 Å². The summed E-state index contributed by atoms with van der Waals surface area (Å²) in [5, 5.41) is 2.48. The first-order chi connectivity index (χ1) is 9.95. The molecule has 1 amide bonds. The van der Waals surface area contributed by atoms with E-state index < -0.39 is 18.3 Å². The standard InChI is InChI=1S/C14H11F3N2O2/c15-8-1-6-12(18)11(7-8)13(20)19-9-2-4-10(5-3-9)21-14(16)17/h1-7,14H,18H2,(H,19,20). The van der Waals surface area contributed by atoms with Crippen LogP contribution in [0.25, 0.3) is 0 Å². The molecule has 2 aromatic carbocycles. The van der Waals surface area contributed by atoms with E-state index in [0.29, 0.717) is 5.69 Å². The molecular formula is C14H11F3N2O2. The molecule has 0 heterocycles. The predicted octanol–water partition coefficient (Wildman–Crippen LogP) is 3.26. The molecule has 2 aromatic rings. The zero-order chi connectivity index (χ0) is 15.4. The van der Waals surface area contributed by atoms with Gasteiger partial charge in [0.05, 0.1) is 5.56 Å². The van der Waals surface area contributed by atoms with Crippen LogP contribution in [0.3, 0.4) is 0 Å². The Balaban J connectivity index is 2.10. The number of hydrogen-bond acceptors (Lipinski definition) is 3. The van der Waals surface area contributed by atoms with Crippen molar-refractivity contribution in [3.8, 4) is 5.75 Å². The molecule has 0 bridgehead atoms. The third kappa shape index (κ3) is 3.88. The maximum atomic E-state index is 13.1. The van der Waals surface area contributed by atoms with Gasteiger partial charge in [0.1, 0.15) is 11.6 Å². The van der Waals surface area contributed by atoms with Gasteiger partial charge in [-0.1, -0.05) is 0 Å². The van der Waals surface area contributed by atoms with Gasteiger partial charge in [-0.3, -0.25) is 4.79 Å². The van der Waals surface area contributed by atoms with Gasteiger partial charge in [0, 0.05) is 11.4 Å². The summed E-state index contributed by atoms with van der Waals surface area (Å²) in [6.45, 7) is -2.92. The molecule has 2 rings (SSSR count). The Kier molecular flexibility index (Phi) is 4.32. The van der Waals surface area contributed by atoms with Crippen LogP contribution in [-0.4, -0.2) is 12.5 Å². The Morgan fingerprint density at radius 3 is 2.43 bits per heavy atom. The average Bonchev–Trinajstić information content (AvgIpc) is 2.43. The van der Waals surface area contributed by atoms with Gasteiger partial charge in [0.25, 0.3) is 5.91 Å². The molecule has 7 heteroatoms. The lowest BCUT2D eigenvalue weighted by Gasteiger charge is -2.09. The normalized spacial score (nSPS) is 10.5. The third-order valence-electron chi connectivity index (χ3n) is 2.60. The van der Waals surface area contributed by atoms with Crippen molar-refractivity contribution in [2.24, 2.45) is 0 Å².